The molecule has 156 valence electrons. The van der Waals surface area contributed by atoms with Crippen LogP contribution in [0.5, 0.6) is 11.5 Å². The molecule has 1 aromatic heterocycles. The van der Waals surface area contributed by atoms with Gasteiger partial charge in [0.15, 0.2) is 22.8 Å². The van der Waals surface area contributed by atoms with E-state index in [2.05, 4.69) is 9.88 Å². The van der Waals surface area contributed by atoms with Crippen molar-refractivity contribution in [2.75, 3.05) is 31.0 Å². The van der Waals surface area contributed by atoms with Crippen LogP contribution in [0.3, 0.4) is 0 Å². The summed E-state index contributed by atoms with van der Waals surface area (Å²) in [6, 6.07) is 9.16. The van der Waals surface area contributed by atoms with Gasteiger partial charge in [-0.05, 0) is 43.2 Å². The summed E-state index contributed by atoms with van der Waals surface area (Å²) in [5, 5.41) is 4.26. The zero-order valence-corrected chi connectivity index (χ0v) is 16.8. The minimum atomic E-state index is -3.91. The van der Waals surface area contributed by atoms with Gasteiger partial charge in [0.05, 0.1) is 16.0 Å². The molecule has 1 amide bonds. The van der Waals surface area contributed by atoms with Crippen LogP contribution in [-0.2, 0) is 10.0 Å². The average Bonchev–Trinajstić information content (AvgIpc) is 3.42. The first-order valence-electron chi connectivity index (χ1n) is 9.62. The highest BCUT2D eigenvalue weighted by Gasteiger charge is 2.26. The Kier molecular flexibility index (Phi) is 4.50. The van der Waals surface area contributed by atoms with Crippen LogP contribution in [0, 0.1) is 0 Å². The second kappa shape index (κ2) is 7.21. The Bertz CT molecular complexity index is 1230. The van der Waals surface area contributed by atoms with Crippen LogP contribution >= 0.6 is 0 Å². The van der Waals surface area contributed by atoms with Crippen molar-refractivity contribution in [3.05, 3.63) is 42.1 Å². The molecule has 10 heteroatoms. The first kappa shape index (κ1) is 18.7. The normalized spacial score (nSPS) is 16.1. The predicted octanol–water partition coefficient (Wildman–Crippen LogP) is 2.64. The van der Waals surface area contributed by atoms with E-state index in [9.17, 15) is 13.2 Å². The standard InChI is InChI=1S/C20H19N3O6S/c24-20(23-7-1-2-8-23)19-15-12-14(4-6-16(15)29-21-19)30(25,26)22-13-3-5-17-18(11-13)28-10-9-27-17/h3-6,11-12,22H,1-2,7-10H2. The molecular formula is C20H19N3O6S. The smallest absolute Gasteiger partial charge is 0.276 e. The Morgan fingerprint density at radius 3 is 2.57 bits per heavy atom. The minimum Gasteiger partial charge on any atom is -0.486 e. The summed E-state index contributed by atoms with van der Waals surface area (Å²) >= 11 is 0. The summed E-state index contributed by atoms with van der Waals surface area (Å²) in [6.45, 7) is 2.18. The first-order valence-corrected chi connectivity index (χ1v) is 11.1. The van der Waals surface area contributed by atoms with Gasteiger partial charge >= 0.3 is 0 Å². The molecule has 3 aromatic rings. The lowest BCUT2D eigenvalue weighted by atomic mass is 10.2. The third kappa shape index (κ3) is 3.32. The van der Waals surface area contributed by atoms with Crippen molar-refractivity contribution in [1.29, 1.82) is 0 Å². The van der Waals surface area contributed by atoms with Gasteiger partial charge in [-0.25, -0.2) is 8.42 Å². The van der Waals surface area contributed by atoms with Crippen LogP contribution in [0.2, 0.25) is 0 Å². The molecule has 2 aliphatic heterocycles. The number of hydrogen-bond donors (Lipinski definition) is 1. The number of amides is 1. The maximum absolute atomic E-state index is 12.9. The maximum Gasteiger partial charge on any atom is 0.276 e. The molecule has 1 saturated heterocycles. The number of hydrogen-bond acceptors (Lipinski definition) is 7. The van der Waals surface area contributed by atoms with Gasteiger partial charge in [-0.3, -0.25) is 9.52 Å². The molecule has 2 aliphatic rings. The van der Waals surface area contributed by atoms with Gasteiger partial charge in [0.1, 0.15) is 13.2 Å². The van der Waals surface area contributed by atoms with Crippen LogP contribution < -0.4 is 14.2 Å². The van der Waals surface area contributed by atoms with Crippen LogP contribution in [0.1, 0.15) is 23.3 Å². The molecular weight excluding hydrogens is 410 g/mol. The van der Waals surface area contributed by atoms with Crippen LogP contribution in [0.15, 0.2) is 45.8 Å². The fourth-order valence-electron chi connectivity index (χ4n) is 3.63. The summed E-state index contributed by atoms with van der Waals surface area (Å²) in [5.41, 5.74) is 0.831. The largest absolute Gasteiger partial charge is 0.486 e. The Labute approximate surface area is 172 Å². The predicted molar refractivity (Wildman–Crippen MR) is 107 cm³/mol. The van der Waals surface area contributed by atoms with E-state index < -0.39 is 10.0 Å². The number of ether oxygens (including phenoxy) is 2. The number of rotatable bonds is 4. The Morgan fingerprint density at radius 2 is 1.77 bits per heavy atom. The lowest BCUT2D eigenvalue weighted by Crippen LogP contribution is -2.28. The third-order valence-electron chi connectivity index (χ3n) is 5.14. The van der Waals surface area contributed by atoms with Crippen LogP contribution in [-0.4, -0.2) is 50.7 Å². The summed E-state index contributed by atoms with van der Waals surface area (Å²) in [7, 11) is -3.91. The summed E-state index contributed by atoms with van der Waals surface area (Å²) < 4.78 is 44.6. The van der Waals surface area contributed by atoms with Gasteiger partial charge in [-0.2, -0.15) is 0 Å². The number of aromatic nitrogens is 1. The van der Waals surface area contributed by atoms with Gasteiger partial charge in [0.25, 0.3) is 15.9 Å². The summed E-state index contributed by atoms with van der Waals surface area (Å²) in [4.78, 5) is 14.4. The van der Waals surface area contributed by atoms with E-state index in [1.54, 1.807) is 23.1 Å². The lowest BCUT2D eigenvalue weighted by molar-refractivity contribution is 0.0784. The molecule has 3 heterocycles. The minimum absolute atomic E-state index is 0.00330. The summed E-state index contributed by atoms with van der Waals surface area (Å²) in [5.74, 6) is 0.801. The highest BCUT2D eigenvalue weighted by atomic mass is 32.2. The first-order chi connectivity index (χ1) is 14.5. The second-order valence-electron chi connectivity index (χ2n) is 7.15. The number of nitrogens with one attached hydrogen (secondary N) is 1. The molecule has 5 rings (SSSR count). The monoisotopic (exact) mass is 429 g/mol. The highest BCUT2D eigenvalue weighted by Crippen LogP contribution is 2.33. The molecule has 1 fully saturated rings. The summed E-state index contributed by atoms with van der Waals surface area (Å²) in [6.07, 6.45) is 1.89. The quantitative estimate of drug-likeness (QED) is 0.679. The molecule has 30 heavy (non-hydrogen) atoms. The van der Waals surface area contributed by atoms with Gasteiger partial charge in [0.2, 0.25) is 0 Å². The lowest BCUT2D eigenvalue weighted by Gasteiger charge is -2.19. The number of carbonyl (C=O) groups excluding carboxylic acids is 1. The number of likely N-dealkylation sites (tertiary alicyclic amines) is 1. The van der Waals surface area contributed by atoms with Crippen molar-refractivity contribution in [3.8, 4) is 11.5 Å². The highest BCUT2D eigenvalue weighted by molar-refractivity contribution is 7.92. The van der Waals surface area contributed by atoms with Gasteiger partial charge < -0.3 is 18.9 Å². The fourth-order valence-corrected chi connectivity index (χ4v) is 4.71. The van der Waals surface area contributed by atoms with Crippen molar-refractivity contribution in [1.82, 2.24) is 10.1 Å². The SMILES string of the molecule is O=C(c1noc2ccc(S(=O)(=O)Nc3ccc4c(c3)OCCO4)cc12)N1CCCC1. The number of benzene rings is 2. The fraction of sp³-hybridized carbons (Fsp3) is 0.300. The Morgan fingerprint density at radius 1 is 1.00 bits per heavy atom. The molecule has 0 radical (unpaired) electrons. The van der Waals surface area contributed by atoms with E-state index in [0.29, 0.717) is 54.5 Å². The number of nitrogens with zero attached hydrogens (tertiary/aromatic N) is 2. The molecule has 1 N–H and O–H groups in total. The number of anilines is 1. The van der Waals surface area contributed by atoms with Crippen molar-refractivity contribution >= 4 is 32.6 Å². The van der Waals surface area contributed by atoms with Gasteiger partial charge in [0, 0.05) is 19.2 Å². The van der Waals surface area contributed by atoms with Crippen molar-refractivity contribution in [3.63, 3.8) is 0 Å². The van der Waals surface area contributed by atoms with E-state index in [-0.39, 0.29) is 16.5 Å². The average molecular weight is 429 g/mol. The zero-order chi connectivity index (χ0) is 20.7. The second-order valence-corrected chi connectivity index (χ2v) is 8.83. The third-order valence-corrected chi connectivity index (χ3v) is 6.52. The number of carbonyl (C=O) groups is 1. The van der Waals surface area contributed by atoms with E-state index in [4.69, 9.17) is 14.0 Å². The molecule has 0 aliphatic carbocycles. The molecule has 9 nitrogen and oxygen atoms in total. The molecule has 0 atom stereocenters. The molecule has 0 saturated carbocycles. The number of fused-ring (bicyclic) bond motifs is 2. The molecule has 0 bridgehead atoms. The van der Waals surface area contributed by atoms with E-state index in [1.807, 2.05) is 0 Å². The Hall–Kier alpha value is -3.27. The maximum atomic E-state index is 12.9. The Balaban J connectivity index is 1.46. The van der Waals surface area contributed by atoms with Crippen molar-refractivity contribution < 1.29 is 27.2 Å². The van der Waals surface area contributed by atoms with E-state index in [1.165, 1.54) is 18.2 Å². The van der Waals surface area contributed by atoms with Crippen molar-refractivity contribution in [2.24, 2.45) is 0 Å². The van der Waals surface area contributed by atoms with Crippen LogP contribution in [0.4, 0.5) is 5.69 Å². The zero-order valence-electron chi connectivity index (χ0n) is 16.0. The van der Waals surface area contributed by atoms with Crippen LogP contribution in [0.25, 0.3) is 11.0 Å². The van der Waals surface area contributed by atoms with Crippen molar-refractivity contribution in [2.45, 2.75) is 17.7 Å². The molecule has 0 spiro atoms. The van der Waals surface area contributed by atoms with Gasteiger partial charge in [-0.1, -0.05) is 5.16 Å². The van der Waals surface area contributed by atoms with E-state index >= 15 is 0 Å². The topological polar surface area (TPSA) is 111 Å². The molecule has 0 unspecified atom stereocenters. The molecule has 2 aromatic carbocycles. The van der Waals surface area contributed by atoms with Gasteiger partial charge in [-0.15, -0.1) is 0 Å². The van der Waals surface area contributed by atoms with E-state index in [0.717, 1.165) is 12.8 Å². The number of sulfonamides is 1.